The first-order chi connectivity index (χ1) is 11.7. The highest BCUT2D eigenvalue weighted by atomic mass is 16.5. The number of para-hydroxylation sites is 1. The van der Waals surface area contributed by atoms with Gasteiger partial charge in [-0.25, -0.2) is 4.79 Å². The van der Waals surface area contributed by atoms with Gasteiger partial charge in [0, 0.05) is 53.1 Å². The largest absolute Gasteiger partial charge is 0.462 e. The molecule has 0 saturated carbocycles. The summed E-state index contributed by atoms with van der Waals surface area (Å²) >= 11 is 0. The quantitative estimate of drug-likeness (QED) is 0.599. The maximum Gasteiger partial charge on any atom is 0.333 e. The molecule has 4 heteroatoms. The lowest BCUT2D eigenvalue weighted by Crippen LogP contribution is -2.56. The fourth-order valence-electron chi connectivity index (χ4n) is 5.26. The molecule has 124 valence electrons. The molecule has 1 aromatic carbocycles. The van der Waals surface area contributed by atoms with Crippen LogP contribution in [0.4, 0.5) is 0 Å². The van der Waals surface area contributed by atoms with Crippen molar-refractivity contribution < 1.29 is 9.53 Å². The average Bonchev–Trinajstić information content (AvgIpc) is 2.88. The molecule has 5 rings (SSSR count). The molecule has 0 unspecified atom stereocenters. The van der Waals surface area contributed by atoms with Crippen LogP contribution in [0.5, 0.6) is 0 Å². The number of fused-ring (bicyclic) bond motifs is 8. The standard InChI is InChI=1S/C20H22N2O2/c1-3-11-13-8-17-19-14(12-6-4-5-7-18(12)22(19)2)9-16(21-17)15(13)10-24-20(11)23/h3-7,13,15-17,21H,8-10H2,1-2H3/b11-3+/t13-,15+,16-,17-/m0/s1. The second-order valence-electron chi connectivity index (χ2n) is 7.32. The van der Waals surface area contributed by atoms with Gasteiger partial charge in [0.15, 0.2) is 0 Å². The number of carbonyl (C=O) groups excluding carboxylic acids is 1. The molecule has 24 heavy (non-hydrogen) atoms. The molecule has 0 amide bonds. The predicted octanol–water partition coefficient (Wildman–Crippen LogP) is 2.87. The average molecular weight is 322 g/mol. The number of benzene rings is 1. The number of piperidine rings is 1. The molecule has 2 saturated heterocycles. The predicted molar refractivity (Wildman–Crippen MR) is 92.6 cm³/mol. The Balaban J connectivity index is 1.65. The van der Waals surface area contributed by atoms with Crippen LogP contribution >= 0.6 is 0 Å². The van der Waals surface area contributed by atoms with E-state index < -0.39 is 0 Å². The van der Waals surface area contributed by atoms with Crippen LogP contribution in [0.1, 0.15) is 30.6 Å². The molecule has 1 aromatic heterocycles. The van der Waals surface area contributed by atoms with Gasteiger partial charge in [0.25, 0.3) is 0 Å². The van der Waals surface area contributed by atoms with Gasteiger partial charge in [0.1, 0.15) is 0 Å². The van der Waals surface area contributed by atoms with Crippen molar-refractivity contribution in [3.63, 3.8) is 0 Å². The third-order valence-electron chi connectivity index (χ3n) is 6.31. The number of ether oxygens (including phenoxy) is 1. The fraction of sp³-hybridized carbons (Fsp3) is 0.450. The third kappa shape index (κ3) is 1.75. The first-order valence-corrected chi connectivity index (χ1v) is 8.84. The summed E-state index contributed by atoms with van der Waals surface area (Å²) in [6, 6.07) is 9.38. The second kappa shape index (κ2) is 4.96. The summed E-state index contributed by atoms with van der Waals surface area (Å²) in [5, 5.41) is 5.21. The van der Waals surface area contributed by atoms with E-state index in [0.29, 0.717) is 30.5 Å². The highest BCUT2D eigenvalue weighted by Crippen LogP contribution is 2.47. The van der Waals surface area contributed by atoms with Crippen LogP contribution in [-0.4, -0.2) is 23.2 Å². The number of rotatable bonds is 0. The molecule has 1 N–H and O–H groups in total. The number of aryl methyl sites for hydroxylation is 1. The summed E-state index contributed by atoms with van der Waals surface area (Å²) in [5.74, 6) is 0.590. The van der Waals surface area contributed by atoms with Crippen molar-refractivity contribution in [2.75, 3.05) is 6.61 Å². The Bertz CT molecular complexity index is 879. The van der Waals surface area contributed by atoms with Crippen molar-refractivity contribution in [1.29, 1.82) is 0 Å². The Hall–Kier alpha value is -2.07. The molecule has 0 radical (unpaired) electrons. The van der Waals surface area contributed by atoms with Crippen LogP contribution in [0.25, 0.3) is 10.9 Å². The van der Waals surface area contributed by atoms with Gasteiger partial charge in [-0.1, -0.05) is 24.3 Å². The van der Waals surface area contributed by atoms with E-state index in [1.54, 1.807) is 0 Å². The van der Waals surface area contributed by atoms with Crippen LogP contribution in [0, 0.1) is 11.8 Å². The highest BCUT2D eigenvalue weighted by Gasteiger charge is 2.48. The molecule has 2 fully saturated rings. The zero-order chi connectivity index (χ0) is 16.4. The van der Waals surface area contributed by atoms with Crippen molar-refractivity contribution in [1.82, 2.24) is 9.88 Å². The molecule has 0 aliphatic carbocycles. The molecule has 4 nitrogen and oxygen atoms in total. The van der Waals surface area contributed by atoms with Crippen LogP contribution in [0.2, 0.25) is 0 Å². The van der Waals surface area contributed by atoms with Crippen molar-refractivity contribution in [3.05, 3.63) is 47.2 Å². The van der Waals surface area contributed by atoms with E-state index in [1.165, 1.54) is 22.2 Å². The molecule has 3 aliphatic rings. The van der Waals surface area contributed by atoms with Gasteiger partial charge in [0.2, 0.25) is 0 Å². The van der Waals surface area contributed by atoms with Crippen LogP contribution in [-0.2, 0) is 23.0 Å². The Labute approximate surface area is 141 Å². The van der Waals surface area contributed by atoms with Gasteiger partial charge in [-0.2, -0.15) is 0 Å². The monoisotopic (exact) mass is 322 g/mol. The minimum Gasteiger partial charge on any atom is -0.462 e. The number of aromatic nitrogens is 1. The lowest BCUT2D eigenvalue weighted by molar-refractivity contribution is -0.147. The fourth-order valence-corrected chi connectivity index (χ4v) is 5.26. The Morgan fingerprint density at radius 2 is 2.17 bits per heavy atom. The number of hydrogen-bond acceptors (Lipinski definition) is 3. The Morgan fingerprint density at radius 1 is 1.33 bits per heavy atom. The van der Waals surface area contributed by atoms with Crippen molar-refractivity contribution in [2.45, 2.75) is 31.8 Å². The van der Waals surface area contributed by atoms with Crippen molar-refractivity contribution >= 4 is 16.9 Å². The SMILES string of the molecule is C/C=C1/C(=O)OC[C@H]2[C@@H]3Cc4c(n(C)c5ccccc45)[C@H](C[C@@H]12)N3. The van der Waals surface area contributed by atoms with E-state index in [0.717, 1.165) is 18.4 Å². The lowest BCUT2D eigenvalue weighted by Gasteiger charge is -2.48. The molecular weight excluding hydrogens is 300 g/mol. The molecule has 0 spiro atoms. The number of allylic oxidation sites excluding steroid dienone is 1. The number of nitrogens with zero attached hydrogens (tertiary/aromatic N) is 1. The van der Waals surface area contributed by atoms with Gasteiger partial charge in [-0.05, 0) is 31.4 Å². The van der Waals surface area contributed by atoms with Gasteiger partial charge >= 0.3 is 5.97 Å². The normalized spacial score (nSPS) is 33.2. The first kappa shape index (κ1) is 14.3. The summed E-state index contributed by atoms with van der Waals surface area (Å²) in [6.07, 6.45) is 3.96. The number of esters is 1. The van der Waals surface area contributed by atoms with Crippen LogP contribution in [0.3, 0.4) is 0 Å². The first-order valence-electron chi connectivity index (χ1n) is 8.84. The Kier molecular flexibility index (Phi) is 2.95. The maximum atomic E-state index is 12.1. The van der Waals surface area contributed by atoms with Crippen molar-refractivity contribution in [2.24, 2.45) is 18.9 Å². The van der Waals surface area contributed by atoms with E-state index in [9.17, 15) is 4.79 Å². The minimum absolute atomic E-state index is 0.115. The maximum absolute atomic E-state index is 12.1. The number of nitrogens with one attached hydrogen (secondary N) is 1. The molecule has 2 aromatic rings. The molecule has 3 aliphatic heterocycles. The van der Waals surface area contributed by atoms with E-state index >= 15 is 0 Å². The van der Waals surface area contributed by atoms with E-state index in [2.05, 4.69) is 41.2 Å². The zero-order valence-corrected chi connectivity index (χ0v) is 14.1. The molecular formula is C20H22N2O2. The summed E-state index contributed by atoms with van der Waals surface area (Å²) in [7, 11) is 2.17. The second-order valence-corrected chi connectivity index (χ2v) is 7.32. The Morgan fingerprint density at radius 3 is 3.00 bits per heavy atom. The summed E-state index contributed by atoms with van der Waals surface area (Å²) in [6.45, 7) is 2.50. The minimum atomic E-state index is -0.115. The zero-order valence-electron chi connectivity index (χ0n) is 14.1. The summed E-state index contributed by atoms with van der Waals surface area (Å²) < 4.78 is 7.81. The van der Waals surface area contributed by atoms with E-state index in [1.807, 2.05) is 13.0 Å². The van der Waals surface area contributed by atoms with Gasteiger partial charge in [0.05, 0.1) is 6.61 Å². The van der Waals surface area contributed by atoms with E-state index in [4.69, 9.17) is 4.74 Å². The van der Waals surface area contributed by atoms with E-state index in [-0.39, 0.29) is 5.97 Å². The smallest absolute Gasteiger partial charge is 0.333 e. The number of carbonyl (C=O) groups is 1. The van der Waals surface area contributed by atoms with Crippen LogP contribution in [0.15, 0.2) is 35.9 Å². The van der Waals surface area contributed by atoms with Gasteiger partial charge in [-0.15, -0.1) is 0 Å². The number of cyclic esters (lactones) is 1. The highest BCUT2D eigenvalue weighted by molar-refractivity contribution is 5.90. The lowest BCUT2D eigenvalue weighted by atomic mass is 9.68. The molecule has 4 atom stereocenters. The summed E-state index contributed by atoms with van der Waals surface area (Å²) in [5.41, 5.74) is 5.07. The third-order valence-corrected chi connectivity index (χ3v) is 6.31. The topological polar surface area (TPSA) is 43.3 Å². The summed E-state index contributed by atoms with van der Waals surface area (Å²) in [4.78, 5) is 12.1. The van der Waals surface area contributed by atoms with Gasteiger partial charge < -0.3 is 14.6 Å². The molecule has 2 bridgehead atoms. The van der Waals surface area contributed by atoms with Crippen LogP contribution < -0.4 is 5.32 Å². The number of hydrogen-bond donors (Lipinski definition) is 1. The van der Waals surface area contributed by atoms with Crippen molar-refractivity contribution in [3.8, 4) is 0 Å². The molecule has 4 heterocycles. The van der Waals surface area contributed by atoms with Gasteiger partial charge in [-0.3, -0.25) is 0 Å².